The summed E-state index contributed by atoms with van der Waals surface area (Å²) in [6, 6.07) is 0. The zero-order chi connectivity index (χ0) is 9.84. The van der Waals surface area contributed by atoms with Crippen LogP contribution in [-0.4, -0.2) is 17.3 Å². The van der Waals surface area contributed by atoms with Gasteiger partial charge in [0.05, 0.1) is 12.2 Å². The van der Waals surface area contributed by atoms with Gasteiger partial charge in [0, 0.05) is 6.42 Å². The summed E-state index contributed by atoms with van der Waals surface area (Å²) in [7, 11) is 0. The molecule has 0 amide bonds. The van der Waals surface area contributed by atoms with Gasteiger partial charge in [-0.1, -0.05) is 6.92 Å². The third-order valence-electron chi connectivity index (χ3n) is 1.74. The second-order valence-corrected chi connectivity index (χ2v) is 2.90. The lowest BCUT2D eigenvalue weighted by atomic mass is 10.2. The number of aromatic nitrogens is 1. The van der Waals surface area contributed by atoms with Crippen molar-refractivity contribution < 1.29 is 9.21 Å². The van der Waals surface area contributed by atoms with Crippen LogP contribution in [0.2, 0.25) is 0 Å². The number of hydrogen-bond acceptors (Lipinski definition) is 4. The molecule has 13 heavy (non-hydrogen) atoms. The fraction of sp³-hybridized carbons (Fsp3) is 0.556. The summed E-state index contributed by atoms with van der Waals surface area (Å²) in [5, 5.41) is 0. The van der Waals surface area contributed by atoms with E-state index in [9.17, 15) is 4.79 Å². The molecule has 0 fully saturated rings. The van der Waals surface area contributed by atoms with Crippen molar-refractivity contribution in [3.63, 3.8) is 0 Å². The first-order valence-electron chi connectivity index (χ1n) is 4.38. The van der Waals surface area contributed by atoms with Crippen molar-refractivity contribution in [2.75, 3.05) is 6.54 Å². The Labute approximate surface area is 77.1 Å². The summed E-state index contributed by atoms with van der Waals surface area (Å²) in [5.41, 5.74) is 5.86. The molecule has 0 aliphatic carbocycles. The first-order valence-corrected chi connectivity index (χ1v) is 4.38. The Bertz CT molecular complexity index is 305. The van der Waals surface area contributed by atoms with E-state index in [0.29, 0.717) is 17.3 Å². The minimum atomic E-state index is -0.188. The van der Waals surface area contributed by atoms with Crippen LogP contribution >= 0.6 is 0 Å². The lowest BCUT2D eigenvalue weighted by molar-refractivity contribution is 0.0972. The molecule has 4 heteroatoms. The maximum absolute atomic E-state index is 11.2. The minimum absolute atomic E-state index is 0.0262. The Hall–Kier alpha value is -1.16. The van der Waals surface area contributed by atoms with Gasteiger partial charge < -0.3 is 10.2 Å². The number of nitrogens with two attached hydrogens (primary N) is 1. The van der Waals surface area contributed by atoms with E-state index >= 15 is 0 Å². The number of carbonyl (C=O) groups excluding carboxylic acids is 1. The van der Waals surface area contributed by atoms with Crippen molar-refractivity contribution >= 4 is 5.78 Å². The van der Waals surface area contributed by atoms with E-state index in [-0.39, 0.29) is 12.3 Å². The zero-order valence-electron chi connectivity index (χ0n) is 7.96. The first kappa shape index (κ1) is 9.92. The fourth-order valence-electron chi connectivity index (χ4n) is 1.12. The second kappa shape index (κ2) is 4.18. The zero-order valence-corrected chi connectivity index (χ0v) is 7.96. The molecule has 0 aliphatic rings. The van der Waals surface area contributed by atoms with E-state index in [1.807, 2.05) is 6.92 Å². The maximum Gasteiger partial charge on any atom is 0.213 e. The number of oxazole rings is 1. The first-order chi connectivity index (χ1) is 6.19. The molecule has 0 radical (unpaired) electrons. The van der Waals surface area contributed by atoms with Crippen LogP contribution in [-0.2, 0) is 6.42 Å². The summed E-state index contributed by atoms with van der Waals surface area (Å²) in [6.07, 6.45) is 1.72. The number of aryl methyl sites for hydroxylation is 2. The Morgan fingerprint density at radius 3 is 2.85 bits per heavy atom. The largest absolute Gasteiger partial charge is 0.437 e. The van der Waals surface area contributed by atoms with Gasteiger partial charge in [-0.15, -0.1) is 0 Å². The molecule has 4 nitrogen and oxygen atoms in total. The summed E-state index contributed by atoms with van der Waals surface area (Å²) in [4.78, 5) is 15.3. The van der Waals surface area contributed by atoms with Gasteiger partial charge in [0.15, 0.2) is 11.7 Å². The highest BCUT2D eigenvalue weighted by atomic mass is 16.4. The van der Waals surface area contributed by atoms with E-state index < -0.39 is 0 Å². The average Bonchev–Trinajstić information content (AvgIpc) is 2.46. The summed E-state index contributed by atoms with van der Waals surface area (Å²) in [6.45, 7) is 3.76. The molecule has 0 saturated heterocycles. The van der Waals surface area contributed by atoms with Gasteiger partial charge >= 0.3 is 0 Å². The fourth-order valence-corrected chi connectivity index (χ4v) is 1.12. The molecule has 0 aliphatic heterocycles. The lowest BCUT2D eigenvalue weighted by Crippen LogP contribution is -2.13. The summed E-state index contributed by atoms with van der Waals surface area (Å²) in [5.74, 6) is 0.745. The number of ketones is 1. The topological polar surface area (TPSA) is 69.1 Å². The Morgan fingerprint density at radius 2 is 2.31 bits per heavy atom. The molecule has 1 heterocycles. The van der Waals surface area contributed by atoms with E-state index in [2.05, 4.69) is 4.98 Å². The highest BCUT2D eigenvalue weighted by Gasteiger charge is 2.14. The van der Waals surface area contributed by atoms with Gasteiger partial charge in [-0.3, -0.25) is 4.79 Å². The molecule has 0 bridgehead atoms. The van der Waals surface area contributed by atoms with Crippen LogP contribution < -0.4 is 5.73 Å². The van der Waals surface area contributed by atoms with Crippen molar-refractivity contribution in [2.45, 2.75) is 26.7 Å². The van der Waals surface area contributed by atoms with Crippen molar-refractivity contribution in [3.8, 4) is 0 Å². The smallest absolute Gasteiger partial charge is 0.213 e. The number of carbonyl (C=O) groups is 1. The maximum atomic E-state index is 11.2. The highest BCUT2D eigenvalue weighted by Crippen LogP contribution is 2.11. The SMILES string of the molecule is CCCc1nc(C)c(C(=O)CN)o1. The molecule has 0 atom stereocenters. The summed E-state index contributed by atoms with van der Waals surface area (Å²) >= 11 is 0. The van der Waals surface area contributed by atoms with Crippen molar-refractivity contribution in [1.29, 1.82) is 0 Å². The molecular formula is C9H14N2O2. The standard InChI is InChI=1S/C9H14N2O2/c1-3-4-8-11-6(2)9(13-8)7(12)5-10/h3-5,10H2,1-2H3. The van der Waals surface area contributed by atoms with Crippen LogP contribution in [0.5, 0.6) is 0 Å². The van der Waals surface area contributed by atoms with E-state index in [1.54, 1.807) is 6.92 Å². The number of hydrogen-bond donors (Lipinski definition) is 1. The molecule has 72 valence electrons. The predicted molar refractivity (Wildman–Crippen MR) is 48.6 cm³/mol. The van der Waals surface area contributed by atoms with E-state index in [4.69, 9.17) is 10.2 Å². The van der Waals surface area contributed by atoms with E-state index in [0.717, 1.165) is 12.8 Å². The van der Waals surface area contributed by atoms with Crippen LogP contribution in [0.4, 0.5) is 0 Å². The second-order valence-electron chi connectivity index (χ2n) is 2.90. The molecule has 0 aromatic carbocycles. The Balaban J connectivity index is 2.89. The normalized spacial score (nSPS) is 10.4. The molecule has 2 N–H and O–H groups in total. The molecule has 1 rings (SSSR count). The Morgan fingerprint density at radius 1 is 1.62 bits per heavy atom. The van der Waals surface area contributed by atoms with Crippen molar-refractivity contribution in [2.24, 2.45) is 5.73 Å². The number of Topliss-reactive ketones (excluding diaryl/α,β-unsaturated/α-hetero) is 1. The van der Waals surface area contributed by atoms with Crippen LogP contribution in [0.1, 0.15) is 35.5 Å². The molecular weight excluding hydrogens is 168 g/mol. The van der Waals surface area contributed by atoms with Crippen LogP contribution in [0.3, 0.4) is 0 Å². The molecule has 0 unspecified atom stereocenters. The van der Waals surface area contributed by atoms with Crippen molar-refractivity contribution in [1.82, 2.24) is 4.98 Å². The van der Waals surface area contributed by atoms with Gasteiger partial charge in [0.2, 0.25) is 5.78 Å². The number of nitrogens with zero attached hydrogens (tertiary/aromatic N) is 1. The van der Waals surface area contributed by atoms with E-state index in [1.165, 1.54) is 0 Å². The minimum Gasteiger partial charge on any atom is -0.437 e. The molecule has 0 spiro atoms. The lowest BCUT2D eigenvalue weighted by Gasteiger charge is -1.91. The molecule has 1 aromatic rings. The monoisotopic (exact) mass is 182 g/mol. The summed E-state index contributed by atoms with van der Waals surface area (Å²) < 4.78 is 5.27. The predicted octanol–water partition coefficient (Wildman–Crippen LogP) is 1.08. The van der Waals surface area contributed by atoms with Crippen LogP contribution in [0.15, 0.2) is 4.42 Å². The molecule has 0 saturated carbocycles. The van der Waals surface area contributed by atoms with Crippen LogP contribution in [0, 0.1) is 6.92 Å². The van der Waals surface area contributed by atoms with Gasteiger partial charge in [-0.2, -0.15) is 0 Å². The third-order valence-corrected chi connectivity index (χ3v) is 1.74. The van der Waals surface area contributed by atoms with Crippen LogP contribution in [0.25, 0.3) is 0 Å². The Kier molecular flexibility index (Phi) is 3.19. The average molecular weight is 182 g/mol. The van der Waals surface area contributed by atoms with Gasteiger partial charge in [0.1, 0.15) is 0 Å². The van der Waals surface area contributed by atoms with Gasteiger partial charge in [-0.05, 0) is 13.3 Å². The van der Waals surface area contributed by atoms with Crippen molar-refractivity contribution in [3.05, 3.63) is 17.3 Å². The third kappa shape index (κ3) is 2.15. The molecule has 1 aromatic heterocycles. The quantitative estimate of drug-likeness (QED) is 0.707. The van der Waals surface area contributed by atoms with Gasteiger partial charge in [0.25, 0.3) is 0 Å². The highest BCUT2D eigenvalue weighted by molar-refractivity contribution is 5.95. The van der Waals surface area contributed by atoms with Gasteiger partial charge in [-0.25, -0.2) is 4.98 Å². The number of rotatable bonds is 4.